The molecule has 1 aliphatic heterocycles. The maximum Gasteiger partial charge on any atom is 0.262 e. The summed E-state index contributed by atoms with van der Waals surface area (Å²) in [5.41, 5.74) is 2.19. The third-order valence-corrected chi connectivity index (χ3v) is 6.65. The van der Waals surface area contributed by atoms with Crippen molar-refractivity contribution >= 4 is 40.8 Å². The van der Waals surface area contributed by atoms with Crippen molar-refractivity contribution in [2.45, 2.75) is 31.2 Å². The van der Waals surface area contributed by atoms with Gasteiger partial charge >= 0.3 is 0 Å². The molecule has 1 aromatic heterocycles. The van der Waals surface area contributed by atoms with Gasteiger partial charge in [0.2, 0.25) is 0 Å². The van der Waals surface area contributed by atoms with Crippen molar-refractivity contribution in [3.05, 3.63) is 74.8 Å². The number of hydrogen-bond donors (Lipinski definition) is 2. The summed E-state index contributed by atoms with van der Waals surface area (Å²) in [6.07, 6.45) is 1.96. The summed E-state index contributed by atoms with van der Waals surface area (Å²) in [5.74, 6) is 1.58. The van der Waals surface area contributed by atoms with Gasteiger partial charge in [0.1, 0.15) is 0 Å². The summed E-state index contributed by atoms with van der Waals surface area (Å²) >= 11 is 7.17. The van der Waals surface area contributed by atoms with Crippen LogP contribution in [0.25, 0.3) is 10.9 Å². The van der Waals surface area contributed by atoms with E-state index in [0.29, 0.717) is 34.3 Å². The number of nitrogens with zero attached hydrogens (tertiary/aromatic N) is 1. The Bertz CT molecular complexity index is 1170. The van der Waals surface area contributed by atoms with E-state index in [1.807, 2.05) is 18.2 Å². The standard InChI is InChI=1S/C23H25N3O3S2/c27-21(24-10-12-31-15-16-5-2-1-3-6-16)17-8-9-19-20(13-17)25-23(30)26(22(19)28)14-18-7-4-11-29-18/h1-3,5-6,8-9,13,18H,4,7,10-12,14-15H2,(H,24,27)(H,25,30). The Morgan fingerprint density at radius 3 is 2.87 bits per heavy atom. The molecule has 0 saturated carbocycles. The van der Waals surface area contributed by atoms with Gasteiger partial charge in [0.05, 0.1) is 23.6 Å². The van der Waals surface area contributed by atoms with Crippen LogP contribution in [0, 0.1) is 4.77 Å². The third kappa shape index (κ3) is 5.44. The number of thioether (sulfide) groups is 1. The van der Waals surface area contributed by atoms with E-state index < -0.39 is 0 Å². The topological polar surface area (TPSA) is 76.1 Å². The van der Waals surface area contributed by atoms with Crippen LogP contribution in [0.2, 0.25) is 0 Å². The number of carbonyl (C=O) groups is 1. The minimum Gasteiger partial charge on any atom is -0.376 e. The smallest absolute Gasteiger partial charge is 0.262 e. The second-order valence-corrected chi connectivity index (χ2v) is 9.03. The summed E-state index contributed by atoms with van der Waals surface area (Å²) in [7, 11) is 0. The highest BCUT2D eigenvalue weighted by Gasteiger charge is 2.18. The average Bonchev–Trinajstić information content (AvgIpc) is 3.30. The zero-order valence-corrected chi connectivity index (χ0v) is 18.8. The minimum absolute atomic E-state index is 0.0232. The molecule has 2 aromatic carbocycles. The Morgan fingerprint density at radius 1 is 1.26 bits per heavy atom. The zero-order valence-electron chi connectivity index (χ0n) is 17.1. The van der Waals surface area contributed by atoms with E-state index in [9.17, 15) is 9.59 Å². The lowest BCUT2D eigenvalue weighted by molar-refractivity contribution is 0.0954. The summed E-state index contributed by atoms with van der Waals surface area (Å²) in [6.45, 7) is 1.76. The lowest BCUT2D eigenvalue weighted by Crippen LogP contribution is -2.28. The molecule has 31 heavy (non-hydrogen) atoms. The molecule has 2 heterocycles. The summed E-state index contributed by atoms with van der Waals surface area (Å²) in [6, 6.07) is 15.3. The molecule has 0 spiro atoms. The van der Waals surface area contributed by atoms with E-state index in [0.717, 1.165) is 31.0 Å². The lowest BCUT2D eigenvalue weighted by Gasteiger charge is -2.13. The molecule has 0 aliphatic carbocycles. The van der Waals surface area contributed by atoms with Gasteiger partial charge in [-0.25, -0.2) is 0 Å². The monoisotopic (exact) mass is 455 g/mol. The number of rotatable bonds is 8. The molecular formula is C23H25N3O3S2. The van der Waals surface area contributed by atoms with Gasteiger partial charge in [-0.3, -0.25) is 14.2 Å². The van der Waals surface area contributed by atoms with Crippen LogP contribution in [0.1, 0.15) is 28.8 Å². The number of nitrogens with one attached hydrogen (secondary N) is 2. The van der Waals surface area contributed by atoms with Crippen molar-refractivity contribution < 1.29 is 9.53 Å². The second kappa shape index (κ2) is 10.3. The molecule has 0 radical (unpaired) electrons. The quantitative estimate of drug-likeness (QED) is 0.398. The van der Waals surface area contributed by atoms with Gasteiger partial charge in [0, 0.05) is 30.2 Å². The van der Waals surface area contributed by atoms with Crippen molar-refractivity contribution in [3.63, 3.8) is 0 Å². The fraction of sp³-hybridized carbons (Fsp3) is 0.348. The van der Waals surface area contributed by atoms with Crippen LogP contribution in [0.15, 0.2) is 53.3 Å². The van der Waals surface area contributed by atoms with Gasteiger partial charge in [0.25, 0.3) is 11.5 Å². The van der Waals surface area contributed by atoms with Gasteiger partial charge < -0.3 is 15.0 Å². The molecule has 1 aliphatic rings. The van der Waals surface area contributed by atoms with E-state index in [2.05, 4.69) is 22.4 Å². The van der Waals surface area contributed by atoms with E-state index in [1.54, 1.807) is 34.5 Å². The number of fused-ring (bicyclic) bond motifs is 1. The van der Waals surface area contributed by atoms with E-state index in [-0.39, 0.29) is 17.6 Å². The van der Waals surface area contributed by atoms with E-state index >= 15 is 0 Å². The normalized spacial score (nSPS) is 15.9. The molecule has 8 heteroatoms. The summed E-state index contributed by atoms with van der Waals surface area (Å²) < 4.78 is 7.54. The number of H-pyrrole nitrogens is 1. The molecule has 2 N–H and O–H groups in total. The lowest BCUT2D eigenvalue weighted by atomic mass is 10.1. The Kier molecular flexibility index (Phi) is 7.21. The first-order valence-corrected chi connectivity index (χ1v) is 12.0. The molecule has 1 amide bonds. The van der Waals surface area contributed by atoms with Crippen LogP contribution in [-0.2, 0) is 17.0 Å². The number of aromatic amines is 1. The first-order valence-electron chi connectivity index (χ1n) is 10.4. The second-order valence-electron chi connectivity index (χ2n) is 7.54. The molecule has 1 fully saturated rings. The zero-order chi connectivity index (χ0) is 21.6. The number of ether oxygens (including phenoxy) is 1. The SMILES string of the molecule is O=C(NCCSCc1ccccc1)c1ccc2c(=O)n(CC3CCCO3)c(=S)[nH]c2c1. The predicted octanol–water partition coefficient (Wildman–Crippen LogP) is 3.90. The first-order chi connectivity index (χ1) is 15.1. The number of amides is 1. The summed E-state index contributed by atoms with van der Waals surface area (Å²) in [5, 5.41) is 3.45. The maximum absolute atomic E-state index is 12.9. The predicted molar refractivity (Wildman–Crippen MR) is 127 cm³/mol. The van der Waals surface area contributed by atoms with Crippen LogP contribution >= 0.6 is 24.0 Å². The van der Waals surface area contributed by atoms with Gasteiger partial charge in [0.15, 0.2) is 4.77 Å². The van der Waals surface area contributed by atoms with Gasteiger partial charge in [-0.05, 0) is 48.8 Å². The number of hydrogen-bond acceptors (Lipinski definition) is 5. The Morgan fingerprint density at radius 2 is 2.10 bits per heavy atom. The fourth-order valence-corrected chi connectivity index (χ4v) is 4.74. The Labute approximate surface area is 190 Å². The number of benzene rings is 2. The molecule has 1 atom stereocenters. The molecule has 6 nitrogen and oxygen atoms in total. The first kappa shape index (κ1) is 21.8. The Hall–Kier alpha value is -2.42. The van der Waals surface area contributed by atoms with Gasteiger partial charge in [-0.1, -0.05) is 30.3 Å². The largest absolute Gasteiger partial charge is 0.376 e. The maximum atomic E-state index is 12.9. The third-order valence-electron chi connectivity index (χ3n) is 5.30. The van der Waals surface area contributed by atoms with Crippen LogP contribution in [-0.4, -0.2) is 40.5 Å². The molecule has 0 bridgehead atoms. The van der Waals surface area contributed by atoms with Crippen LogP contribution in [0.4, 0.5) is 0 Å². The van der Waals surface area contributed by atoms with Gasteiger partial charge in [-0.2, -0.15) is 11.8 Å². The van der Waals surface area contributed by atoms with Crippen molar-refractivity contribution in [2.75, 3.05) is 18.9 Å². The van der Waals surface area contributed by atoms with Crippen molar-refractivity contribution in [2.24, 2.45) is 0 Å². The van der Waals surface area contributed by atoms with Crippen LogP contribution in [0.5, 0.6) is 0 Å². The van der Waals surface area contributed by atoms with Crippen LogP contribution in [0.3, 0.4) is 0 Å². The molecule has 4 rings (SSSR count). The van der Waals surface area contributed by atoms with Gasteiger partial charge in [-0.15, -0.1) is 0 Å². The molecule has 162 valence electrons. The molecule has 3 aromatic rings. The van der Waals surface area contributed by atoms with Crippen LogP contribution < -0.4 is 10.9 Å². The van der Waals surface area contributed by atoms with Crippen molar-refractivity contribution in [3.8, 4) is 0 Å². The molecule has 1 saturated heterocycles. The molecular weight excluding hydrogens is 430 g/mol. The molecule has 1 unspecified atom stereocenters. The highest BCUT2D eigenvalue weighted by atomic mass is 32.2. The van der Waals surface area contributed by atoms with E-state index in [1.165, 1.54) is 5.56 Å². The van der Waals surface area contributed by atoms with E-state index in [4.69, 9.17) is 17.0 Å². The summed E-state index contributed by atoms with van der Waals surface area (Å²) in [4.78, 5) is 28.5. The highest BCUT2D eigenvalue weighted by molar-refractivity contribution is 7.98. The minimum atomic E-state index is -0.162. The van der Waals surface area contributed by atoms with Crippen molar-refractivity contribution in [1.29, 1.82) is 0 Å². The Balaban J connectivity index is 1.38. The fourth-order valence-electron chi connectivity index (χ4n) is 3.66. The number of carbonyl (C=O) groups excluding carboxylic acids is 1. The average molecular weight is 456 g/mol. The number of aromatic nitrogens is 2. The highest BCUT2D eigenvalue weighted by Crippen LogP contribution is 2.16. The van der Waals surface area contributed by atoms with Crippen molar-refractivity contribution in [1.82, 2.24) is 14.9 Å².